The minimum atomic E-state index is -3.81. The molecule has 1 aromatic carbocycles. The predicted octanol–water partition coefficient (Wildman–Crippen LogP) is 2.64. The van der Waals surface area contributed by atoms with Crippen molar-refractivity contribution in [3.8, 4) is 0 Å². The first kappa shape index (κ1) is 17.7. The zero-order valence-corrected chi connectivity index (χ0v) is 15.0. The second kappa shape index (κ2) is 6.64. The van der Waals surface area contributed by atoms with E-state index in [1.807, 2.05) is 0 Å². The highest BCUT2D eigenvalue weighted by Crippen LogP contribution is 2.20. The third-order valence-electron chi connectivity index (χ3n) is 3.55. The van der Waals surface area contributed by atoms with Gasteiger partial charge in [-0.3, -0.25) is 9.52 Å². The van der Waals surface area contributed by atoms with Gasteiger partial charge in [-0.15, -0.1) is 0 Å². The highest BCUT2D eigenvalue weighted by atomic mass is 32.2. The van der Waals surface area contributed by atoms with E-state index >= 15 is 0 Å². The number of nitrogens with one attached hydrogen (secondary N) is 2. The molecule has 9 nitrogen and oxygen atoms in total. The standard InChI is InChI=1S/C16H16N4O5S/c1-9-8-14(19-24-9)20-26(22,23)13-6-4-12(5-7-13)17-16(21)15-10(2)18-25-11(15)3/h4-8H,1-3H3,(H,17,21)(H,19,20). The van der Waals surface area contributed by atoms with E-state index in [-0.39, 0.29) is 16.6 Å². The molecule has 26 heavy (non-hydrogen) atoms. The lowest BCUT2D eigenvalue weighted by molar-refractivity contribution is 0.102. The number of benzene rings is 1. The van der Waals surface area contributed by atoms with E-state index in [2.05, 4.69) is 20.4 Å². The average molecular weight is 376 g/mol. The number of nitrogens with zero attached hydrogens (tertiary/aromatic N) is 2. The topological polar surface area (TPSA) is 127 Å². The van der Waals surface area contributed by atoms with E-state index in [1.54, 1.807) is 20.8 Å². The second-order valence-corrected chi connectivity index (χ2v) is 7.29. The SMILES string of the molecule is Cc1cc(NS(=O)(=O)c2ccc(NC(=O)c3c(C)noc3C)cc2)no1. The molecule has 0 radical (unpaired) electrons. The van der Waals surface area contributed by atoms with Gasteiger partial charge in [0.1, 0.15) is 17.1 Å². The number of aryl methyl sites for hydroxylation is 3. The molecule has 1 amide bonds. The van der Waals surface area contributed by atoms with Crippen molar-refractivity contribution in [2.24, 2.45) is 0 Å². The molecule has 0 unspecified atom stereocenters. The first-order valence-corrected chi connectivity index (χ1v) is 9.05. The predicted molar refractivity (Wildman–Crippen MR) is 92.4 cm³/mol. The Morgan fingerprint density at radius 1 is 1.04 bits per heavy atom. The highest BCUT2D eigenvalue weighted by Gasteiger charge is 2.19. The fourth-order valence-corrected chi connectivity index (χ4v) is 3.31. The van der Waals surface area contributed by atoms with Crippen LogP contribution in [0, 0.1) is 20.8 Å². The van der Waals surface area contributed by atoms with Gasteiger partial charge in [-0.25, -0.2) is 8.42 Å². The number of anilines is 2. The molecule has 0 aliphatic carbocycles. The summed E-state index contributed by atoms with van der Waals surface area (Å²) >= 11 is 0. The van der Waals surface area contributed by atoms with Crippen LogP contribution in [0.2, 0.25) is 0 Å². The Balaban J connectivity index is 1.75. The Morgan fingerprint density at radius 3 is 2.27 bits per heavy atom. The zero-order valence-electron chi connectivity index (χ0n) is 14.2. The Kier molecular flexibility index (Phi) is 4.51. The van der Waals surface area contributed by atoms with E-state index in [0.29, 0.717) is 28.5 Å². The first-order chi connectivity index (χ1) is 12.3. The van der Waals surface area contributed by atoms with Crippen molar-refractivity contribution in [1.82, 2.24) is 10.3 Å². The second-order valence-electron chi connectivity index (χ2n) is 5.61. The maximum atomic E-state index is 12.3. The lowest BCUT2D eigenvalue weighted by Gasteiger charge is -2.07. The molecule has 0 spiro atoms. The van der Waals surface area contributed by atoms with Crippen molar-refractivity contribution in [3.63, 3.8) is 0 Å². The number of carbonyl (C=O) groups is 1. The Morgan fingerprint density at radius 2 is 1.73 bits per heavy atom. The number of sulfonamides is 1. The monoisotopic (exact) mass is 376 g/mol. The van der Waals surface area contributed by atoms with Gasteiger partial charge in [0, 0.05) is 11.8 Å². The van der Waals surface area contributed by atoms with Crippen LogP contribution >= 0.6 is 0 Å². The van der Waals surface area contributed by atoms with E-state index < -0.39 is 10.0 Å². The van der Waals surface area contributed by atoms with Gasteiger partial charge in [-0.05, 0) is 45.0 Å². The van der Waals surface area contributed by atoms with Crippen LogP contribution in [0.1, 0.15) is 27.6 Å². The number of hydrogen-bond acceptors (Lipinski definition) is 7. The summed E-state index contributed by atoms with van der Waals surface area (Å²) in [5.74, 6) is 0.609. The minimum Gasteiger partial charge on any atom is -0.361 e. The summed E-state index contributed by atoms with van der Waals surface area (Å²) in [6.45, 7) is 4.96. The van der Waals surface area contributed by atoms with Crippen molar-refractivity contribution in [1.29, 1.82) is 0 Å². The van der Waals surface area contributed by atoms with E-state index in [0.717, 1.165) is 0 Å². The third-order valence-corrected chi connectivity index (χ3v) is 4.92. The van der Waals surface area contributed by atoms with Gasteiger partial charge in [0.2, 0.25) is 0 Å². The lowest BCUT2D eigenvalue weighted by Crippen LogP contribution is -2.15. The van der Waals surface area contributed by atoms with E-state index in [1.165, 1.54) is 30.3 Å². The zero-order chi connectivity index (χ0) is 18.9. The maximum absolute atomic E-state index is 12.3. The van der Waals surface area contributed by atoms with Gasteiger partial charge in [-0.1, -0.05) is 10.3 Å². The summed E-state index contributed by atoms with van der Waals surface area (Å²) in [4.78, 5) is 12.3. The van der Waals surface area contributed by atoms with Crippen molar-refractivity contribution in [2.75, 3.05) is 10.0 Å². The molecule has 0 atom stereocenters. The summed E-state index contributed by atoms with van der Waals surface area (Å²) < 4.78 is 36.7. The molecule has 2 aromatic heterocycles. The van der Waals surface area contributed by atoms with Crippen molar-refractivity contribution >= 4 is 27.4 Å². The van der Waals surface area contributed by atoms with Gasteiger partial charge < -0.3 is 14.4 Å². The van der Waals surface area contributed by atoms with Gasteiger partial charge in [-0.2, -0.15) is 0 Å². The van der Waals surface area contributed by atoms with E-state index in [4.69, 9.17) is 9.05 Å². The maximum Gasteiger partial charge on any atom is 0.263 e. The molecule has 10 heteroatoms. The molecule has 0 aliphatic heterocycles. The summed E-state index contributed by atoms with van der Waals surface area (Å²) in [7, 11) is -3.81. The van der Waals surface area contributed by atoms with Gasteiger partial charge >= 0.3 is 0 Å². The van der Waals surface area contributed by atoms with Crippen LogP contribution in [0.5, 0.6) is 0 Å². The van der Waals surface area contributed by atoms with Crippen molar-refractivity contribution < 1.29 is 22.3 Å². The number of aromatic nitrogens is 2. The molecule has 0 saturated heterocycles. The number of rotatable bonds is 5. The van der Waals surface area contributed by atoms with Crippen LogP contribution in [0.3, 0.4) is 0 Å². The molecular formula is C16H16N4O5S. The third kappa shape index (κ3) is 3.59. The summed E-state index contributed by atoms with van der Waals surface area (Å²) in [5.41, 5.74) is 1.27. The highest BCUT2D eigenvalue weighted by molar-refractivity contribution is 7.92. The normalized spacial score (nSPS) is 11.3. The fourth-order valence-electron chi connectivity index (χ4n) is 2.33. The van der Waals surface area contributed by atoms with Crippen LogP contribution in [0.25, 0.3) is 0 Å². The summed E-state index contributed by atoms with van der Waals surface area (Å²) in [6.07, 6.45) is 0. The molecular weight excluding hydrogens is 360 g/mol. The van der Waals surface area contributed by atoms with Gasteiger partial charge in [0.05, 0.1) is 10.6 Å². The van der Waals surface area contributed by atoms with Crippen LogP contribution in [-0.4, -0.2) is 24.6 Å². The van der Waals surface area contributed by atoms with Gasteiger partial charge in [0.25, 0.3) is 15.9 Å². The lowest BCUT2D eigenvalue weighted by atomic mass is 10.2. The largest absolute Gasteiger partial charge is 0.361 e. The molecule has 0 fully saturated rings. The van der Waals surface area contributed by atoms with Crippen molar-refractivity contribution in [2.45, 2.75) is 25.7 Å². The minimum absolute atomic E-state index is 0.0218. The summed E-state index contributed by atoms with van der Waals surface area (Å²) in [5, 5.41) is 10.00. The molecule has 0 aliphatic rings. The van der Waals surface area contributed by atoms with Gasteiger partial charge in [0.15, 0.2) is 5.82 Å². The van der Waals surface area contributed by atoms with E-state index in [9.17, 15) is 13.2 Å². The molecule has 2 N–H and O–H groups in total. The van der Waals surface area contributed by atoms with Crippen LogP contribution < -0.4 is 10.0 Å². The number of hydrogen-bond donors (Lipinski definition) is 2. The number of amides is 1. The Hall–Kier alpha value is -3.14. The molecule has 3 aromatic rings. The molecule has 0 bridgehead atoms. The summed E-state index contributed by atoms with van der Waals surface area (Å²) in [6, 6.07) is 7.18. The van der Waals surface area contributed by atoms with Crippen molar-refractivity contribution in [3.05, 3.63) is 53.1 Å². The Bertz CT molecular complexity index is 1030. The van der Waals surface area contributed by atoms with Crippen LogP contribution in [-0.2, 0) is 10.0 Å². The Labute approximate surface area is 149 Å². The number of carbonyl (C=O) groups excluding carboxylic acids is 1. The smallest absolute Gasteiger partial charge is 0.263 e. The molecule has 0 saturated carbocycles. The van der Waals surface area contributed by atoms with Crippen LogP contribution in [0.4, 0.5) is 11.5 Å². The molecule has 2 heterocycles. The first-order valence-electron chi connectivity index (χ1n) is 7.57. The van der Waals surface area contributed by atoms with Crippen LogP contribution in [0.15, 0.2) is 44.3 Å². The average Bonchev–Trinajstić information content (AvgIpc) is 3.12. The molecule has 3 rings (SSSR count). The molecule has 136 valence electrons. The fraction of sp³-hybridized carbons (Fsp3) is 0.188. The quantitative estimate of drug-likeness (QED) is 0.700.